The summed E-state index contributed by atoms with van der Waals surface area (Å²) < 4.78 is 16.0. The van der Waals surface area contributed by atoms with E-state index in [9.17, 15) is 4.79 Å². The van der Waals surface area contributed by atoms with Crippen LogP contribution in [-0.2, 0) is 0 Å². The van der Waals surface area contributed by atoms with Crippen molar-refractivity contribution in [1.29, 1.82) is 0 Å². The predicted octanol–water partition coefficient (Wildman–Crippen LogP) is 3.72. The average Bonchev–Trinajstić information content (AvgIpc) is 2.88. The van der Waals surface area contributed by atoms with Gasteiger partial charge in [0.15, 0.2) is 11.5 Å². The molecule has 0 spiro atoms. The Bertz CT molecular complexity index is 768. The van der Waals surface area contributed by atoms with Gasteiger partial charge in [-0.2, -0.15) is 5.10 Å². The Kier molecular flexibility index (Phi) is 5.87. The third-order valence-corrected chi connectivity index (χ3v) is 3.49. The van der Waals surface area contributed by atoms with Crippen molar-refractivity contribution >= 4 is 23.7 Å². The zero-order valence-corrected chi connectivity index (χ0v) is 14.7. The maximum Gasteiger partial charge on any atom is 0.274 e. The predicted molar refractivity (Wildman–Crippen MR) is 92.4 cm³/mol. The summed E-state index contributed by atoms with van der Waals surface area (Å²) >= 11 is 6.19. The van der Waals surface area contributed by atoms with Crippen molar-refractivity contribution in [2.45, 2.75) is 20.8 Å². The van der Waals surface area contributed by atoms with Crippen LogP contribution in [0.25, 0.3) is 0 Å². The Morgan fingerprint density at radius 3 is 2.71 bits per heavy atom. The summed E-state index contributed by atoms with van der Waals surface area (Å²) in [7, 11) is 1.53. The molecule has 1 aromatic heterocycles. The number of hydrazone groups is 1. The van der Waals surface area contributed by atoms with Gasteiger partial charge in [-0.1, -0.05) is 11.6 Å². The molecule has 0 unspecified atom stereocenters. The van der Waals surface area contributed by atoms with Crippen LogP contribution in [0, 0.1) is 13.8 Å². The number of carbonyl (C=O) groups is 1. The van der Waals surface area contributed by atoms with Crippen LogP contribution in [0.15, 0.2) is 27.7 Å². The van der Waals surface area contributed by atoms with Crippen molar-refractivity contribution in [3.8, 4) is 11.5 Å². The average molecular weight is 351 g/mol. The number of benzene rings is 1. The fraction of sp³-hybridized carbons (Fsp3) is 0.294. The lowest BCUT2D eigenvalue weighted by Gasteiger charge is -2.11. The van der Waals surface area contributed by atoms with Crippen molar-refractivity contribution < 1.29 is 18.7 Å². The number of furan rings is 1. The highest BCUT2D eigenvalue weighted by molar-refractivity contribution is 6.32. The molecular weight excluding hydrogens is 332 g/mol. The van der Waals surface area contributed by atoms with Gasteiger partial charge in [-0.3, -0.25) is 4.79 Å². The number of hydrogen-bond donors (Lipinski definition) is 1. The van der Waals surface area contributed by atoms with Crippen molar-refractivity contribution in [3.05, 3.63) is 45.9 Å². The van der Waals surface area contributed by atoms with Gasteiger partial charge < -0.3 is 13.9 Å². The van der Waals surface area contributed by atoms with Gasteiger partial charge in [0.2, 0.25) is 0 Å². The summed E-state index contributed by atoms with van der Waals surface area (Å²) in [5.74, 6) is 1.85. The number of halogens is 1. The second-order valence-electron chi connectivity index (χ2n) is 4.99. The molecule has 6 nitrogen and oxygen atoms in total. The number of aryl methyl sites for hydroxylation is 2. The molecule has 7 heteroatoms. The summed E-state index contributed by atoms with van der Waals surface area (Å²) in [6.07, 6.45) is 1.48. The van der Waals surface area contributed by atoms with E-state index in [0.29, 0.717) is 45.8 Å². The van der Waals surface area contributed by atoms with Gasteiger partial charge in [-0.05, 0) is 44.5 Å². The quantitative estimate of drug-likeness (QED) is 0.636. The molecule has 2 aromatic rings. The number of carbonyl (C=O) groups excluding carboxylic acids is 1. The number of nitrogens with zero attached hydrogens (tertiary/aromatic N) is 1. The van der Waals surface area contributed by atoms with E-state index in [1.807, 2.05) is 6.92 Å². The van der Waals surface area contributed by atoms with Crippen molar-refractivity contribution in [3.63, 3.8) is 0 Å². The van der Waals surface area contributed by atoms with Crippen LogP contribution in [0.5, 0.6) is 11.5 Å². The molecule has 0 saturated heterocycles. The van der Waals surface area contributed by atoms with E-state index in [4.69, 9.17) is 25.5 Å². The lowest BCUT2D eigenvalue weighted by Crippen LogP contribution is -2.17. The number of nitrogens with one attached hydrogen (secondary N) is 1. The van der Waals surface area contributed by atoms with Gasteiger partial charge in [-0.25, -0.2) is 5.43 Å². The van der Waals surface area contributed by atoms with Gasteiger partial charge in [0.25, 0.3) is 5.91 Å². The van der Waals surface area contributed by atoms with Gasteiger partial charge >= 0.3 is 0 Å². The van der Waals surface area contributed by atoms with Crippen LogP contribution in [0.3, 0.4) is 0 Å². The monoisotopic (exact) mass is 350 g/mol. The third-order valence-electron chi connectivity index (χ3n) is 3.21. The molecule has 0 atom stereocenters. The molecule has 0 bridgehead atoms. The largest absolute Gasteiger partial charge is 0.493 e. The maximum absolute atomic E-state index is 12.0. The maximum atomic E-state index is 12.0. The molecule has 0 saturated carbocycles. The Morgan fingerprint density at radius 2 is 2.12 bits per heavy atom. The summed E-state index contributed by atoms with van der Waals surface area (Å²) in [6, 6.07) is 5.06. The van der Waals surface area contributed by atoms with Gasteiger partial charge in [0.05, 0.1) is 30.5 Å². The molecule has 0 fully saturated rings. The Morgan fingerprint density at radius 1 is 1.38 bits per heavy atom. The molecule has 1 aromatic carbocycles. The van der Waals surface area contributed by atoms with Crippen molar-refractivity contribution in [2.24, 2.45) is 5.10 Å². The van der Waals surface area contributed by atoms with E-state index in [0.717, 1.165) is 0 Å². The van der Waals surface area contributed by atoms with Crippen LogP contribution in [0.2, 0.25) is 5.02 Å². The highest BCUT2D eigenvalue weighted by Gasteiger charge is 2.13. The first-order chi connectivity index (χ1) is 11.5. The van der Waals surface area contributed by atoms with Crippen molar-refractivity contribution in [2.75, 3.05) is 13.7 Å². The molecule has 0 radical (unpaired) electrons. The third kappa shape index (κ3) is 4.08. The molecule has 0 aliphatic rings. The van der Waals surface area contributed by atoms with E-state index < -0.39 is 0 Å². The summed E-state index contributed by atoms with van der Waals surface area (Å²) in [5.41, 5.74) is 3.57. The van der Waals surface area contributed by atoms with E-state index in [1.165, 1.54) is 13.3 Å². The number of amides is 1. The van der Waals surface area contributed by atoms with Crippen LogP contribution in [0.4, 0.5) is 0 Å². The molecule has 2 rings (SSSR count). The number of rotatable bonds is 6. The minimum Gasteiger partial charge on any atom is -0.493 e. The van der Waals surface area contributed by atoms with Crippen molar-refractivity contribution in [1.82, 2.24) is 5.43 Å². The number of methoxy groups -OCH3 is 1. The second-order valence-corrected chi connectivity index (χ2v) is 5.40. The van der Waals surface area contributed by atoms with E-state index in [2.05, 4.69) is 10.5 Å². The fourth-order valence-corrected chi connectivity index (χ4v) is 2.45. The highest BCUT2D eigenvalue weighted by Crippen LogP contribution is 2.35. The lowest BCUT2D eigenvalue weighted by molar-refractivity contribution is 0.0953. The molecule has 1 amide bonds. The first kappa shape index (κ1) is 17.9. The summed E-state index contributed by atoms with van der Waals surface area (Å²) in [5, 5.41) is 4.35. The van der Waals surface area contributed by atoms with Crippen LogP contribution < -0.4 is 14.9 Å². The number of hydrogen-bond acceptors (Lipinski definition) is 5. The van der Waals surface area contributed by atoms with E-state index in [-0.39, 0.29) is 5.91 Å². The van der Waals surface area contributed by atoms with Crippen LogP contribution in [-0.4, -0.2) is 25.8 Å². The molecule has 0 aliphatic heterocycles. The first-order valence-electron chi connectivity index (χ1n) is 7.37. The first-order valence-corrected chi connectivity index (χ1v) is 7.74. The second kappa shape index (κ2) is 7.88. The smallest absolute Gasteiger partial charge is 0.274 e. The molecule has 128 valence electrons. The minimum atomic E-state index is -0.343. The molecule has 1 N–H and O–H groups in total. The van der Waals surface area contributed by atoms with E-state index >= 15 is 0 Å². The Hall–Kier alpha value is -2.47. The minimum absolute atomic E-state index is 0.343. The van der Waals surface area contributed by atoms with E-state index in [1.54, 1.807) is 32.0 Å². The fourth-order valence-electron chi connectivity index (χ4n) is 2.18. The lowest BCUT2D eigenvalue weighted by atomic mass is 10.2. The molecular formula is C17H19ClN2O4. The molecule has 0 aliphatic carbocycles. The topological polar surface area (TPSA) is 73.1 Å². The standard InChI is InChI=1S/C17H19ClN2O4/c1-5-23-16-14(18)7-12(8-15(16)22-4)9-19-20-17(21)13-6-10(2)24-11(13)3/h6-9H,5H2,1-4H3,(H,20,21)/b19-9-. The van der Waals surface area contributed by atoms with Gasteiger partial charge in [-0.15, -0.1) is 0 Å². The summed E-state index contributed by atoms with van der Waals surface area (Å²) in [6.45, 7) is 5.84. The van der Waals surface area contributed by atoms with Gasteiger partial charge in [0, 0.05) is 0 Å². The SMILES string of the molecule is CCOc1c(Cl)cc(/C=N\NC(=O)c2cc(C)oc2C)cc1OC. The Balaban J connectivity index is 2.13. The van der Waals surface area contributed by atoms with Crippen LogP contribution >= 0.6 is 11.6 Å². The molecule has 24 heavy (non-hydrogen) atoms. The van der Waals surface area contributed by atoms with Crippen LogP contribution in [0.1, 0.15) is 34.4 Å². The normalized spacial score (nSPS) is 10.9. The Labute approximate surface area is 145 Å². The number of ether oxygens (including phenoxy) is 2. The molecule has 1 heterocycles. The summed E-state index contributed by atoms with van der Waals surface area (Å²) in [4.78, 5) is 12.0. The zero-order chi connectivity index (χ0) is 17.7. The van der Waals surface area contributed by atoms with Gasteiger partial charge in [0.1, 0.15) is 11.5 Å². The zero-order valence-electron chi connectivity index (χ0n) is 14.0. The highest BCUT2D eigenvalue weighted by atomic mass is 35.5.